The molecule has 12 nitrogen and oxygen atoms in total. The van der Waals surface area contributed by atoms with Crippen molar-refractivity contribution in [3.8, 4) is 0 Å². The fourth-order valence-electron chi connectivity index (χ4n) is 6.27. The first kappa shape index (κ1) is 54.6. The van der Waals surface area contributed by atoms with Crippen LogP contribution in [0.2, 0.25) is 0 Å². The molecule has 0 spiro atoms. The summed E-state index contributed by atoms with van der Waals surface area (Å²) in [5.74, 6) is -0.530. The van der Waals surface area contributed by atoms with Crippen LogP contribution in [-0.2, 0) is 38.3 Å². The van der Waals surface area contributed by atoms with E-state index in [0.29, 0.717) is 13.0 Å². The molecular formula is C46H78O12S. The summed E-state index contributed by atoms with van der Waals surface area (Å²) in [6.45, 7) is 3.72. The van der Waals surface area contributed by atoms with Gasteiger partial charge >= 0.3 is 16.4 Å². The summed E-state index contributed by atoms with van der Waals surface area (Å²) in [4.78, 5) is 12.8. The Kier molecular flexibility index (Phi) is 34.5. The quantitative estimate of drug-likeness (QED) is 0.0202. The molecule has 6 atom stereocenters. The van der Waals surface area contributed by atoms with Gasteiger partial charge in [0.25, 0.3) is 0 Å². The van der Waals surface area contributed by atoms with Crippen LogP contribution >= 0.6 is 0 Å². The molecule has 0 amide bonds. The molecule has 0 aromatic heterocycles. The Bertz CT molecular complexity index is 1310. The minimum atomic E-state index is -5.08. The maximum atomic E-state index is 12.8. The normalized spacial score (nSPS) is 21.1. The van der Waals surface area contributed by atoms with Crippen LogP contribution in [0.15, 0.2) is 72.9 Å². The molecule has 0 aromatic carbocycles. The summed E-state index contributed by atoms with van der Waals surface area (Å²) in [6, 6.07) is 0. The molecule has 0 saturated carbocycles. The van der Waals surface area contributed by atoms with E-state index < -0.39 is 59.8 Å². The predicted molar refractivity (Wildman–Crippen MR) is 234 cm³/mol. The van der Waals surface area contributed by atoms with Gasteiger partial charge in [-0.3, -0.25) is 9.35 Å². The number of hydrogen-bond acceptors (Lipinski definition) is 11. The highest BCUT2D eigenvalue weighted by Gasteiger charge is 2.48. The second-order valence-electron chi connectivity index (χ2n) is 14.9. The van der Waals surface area contributed by atoms with E-state index in [1.807, 2.05) is 12.2 Å². The minimum absolute atomic E-state index is 0.00458. The zero-order valence-electron chi connectivity index (χ0n) is 36.0. The van der Waals surface area contributed by atoms with Crippen LogP contribution in [0.3, 0.4) is 0 Å². The molecule has 0 aliphatic carbocycles. The van der Waals surface area contributed by atoms with Crippen LogP contribution < -0.4 is 0 Å². The maximum Gasteiger partial charge on any atom is 0.397 e. The van der Waals surface area contributed by atoms with Gasteiger partial charge in [0, 0.05) is 6.61 Å². The van der Waals surface area contributed by atoms with Gasteiger partial charge in [0.05, 0.1) is 26.2 Å². The summed E-state index contributed by atoms with van der Waals surface area (Å²) in [6.07, 6.45) is 38.2. The van der Waals surface area contributed by atoms with E-state index in [1.165, 1.54) is 64.2 Å². The van der Waals surface area contributed by atoms with Crippen molar-refractivity contribution in [3.05, 3.63) is 72.9 Å². The molecule has 1 saturated heterocycles. The lowest BCUT2D eigenvalue weighted by atomic mass is 9.99. The van der Waals surface area contributed by atoms with Crippen molar-refractivity contribution in [1.29, 1.82) is 0 Å². The smallest absolute Gasteiger partial charge is 0.397 e. The number of rotatable bonds is 37. The van der Waals surface area contributed by atoms with Gasteiger partial charge in [0.2, 0.25) is 0 Å². The number of hydrogen-bond donors (Lipinski definition) is 4. The molecule has 1 rings (SSSR count). The largest absolute Gasteiger partial charge is 0.457 e. The van der Waals surface area contributed by atoms with E-state index in [9.17, 15) is 28.5 Å². The second-order valence-corrected chi connectivity index (χ2v) is 16.0. The molecule has 340 valence electrons. The minimum Gasteiger partial charge on any atom is -0.457 e. The van der Waals surface area contributed by atoms with Gasteiger partial charge in [-0.25, -0.2) is 4.18 Å². The van der Waals surface area contributed by atoms with Gasteiger partial charge in [0.15, 0.2) is 6.29 Å². The van der Waals surface area contributed by atoms with Gasteiger partial charge in [-0.1, -0.05) is 151 Å². The Labute approximate surface area is 356 Å². The first-order valence-electron chi connectivity index (χ1n) is 22.2. The topological polar surface area (TPSA) is 178 Å². The molecule has 4 N–H and O–H groups in total. The van der Waals surface area contributed by atoms with Crippen LogP contribution in [0.4, 0.5) is 0 Å². The van der Waals surface area contributed by atoms with Crippen LogP contribution in [0.25, 0.3) is 0 Å². The SMILES string of the molecule is CC/C=C\C/C=C\C/C=C\C/C=C\C/C=C\CC(=O)OC(COCCCCCCCC/C=C\CCCCCCCCC)COC1OC(CO)C(O)C(OS(=O)(=O)O)C1O. The number of allylic oxidation sites excluding steroid dienone is 11. The average molecular weight is 855 g/mol. The van der Waals surface area contributed by atoms with E-state index in [2.05, 4.69) is 72.7 Å². The number of aliphatic hydroxyl groups is 3. The van der Waals surface area contributed by atoms with Crippen molar-refractivity contribution in [2.75, 3.05) is 26.4 Å². The Morgan fingerprint density at radius 1 is 0.661 bits per heavy atom. The molecule has 1 fully saturated rings. The molecule has 59 heavy (non-hydrogen) atoms. The van der Waals surface area contributed by atoms with Crippen LogP contribution in [-0.4, -0.2) is 97.5 Å². The zero-order chi connectivity index (χ0) is 43.2. The van der Waals surface area contributed by atoms with Gasteiger partial charge < -0.3 is 34.3 Å². The first-order chi connectivity index (χ1) is 28.6. The number of aliphatic hydroxyl groups excluding tert-OH is 3. The van der Waals surface area contributed by atoms with E-state index in [0.717, 1.165) is 57.8 Å². The number of ether oxygens (including phenoxy) is 4. The van der Waals surface area contributed by atoms with E-state index in [4.69, 9.17) is 23.5 Å². The first-order valence-corrected chi connectivity index (χ1v) is 23.6. The lowest BCUT2D eigenvalue weighted by Gasteiger charge is -2.41. The third-order valence-electron chi connectivity index (χ3n) is 9.60. The van der Waals surface area contributed by atoms with Crippen molar-refractivity contribution < 1.29 is 56.2 Å². The van der Waals surface area contributed by atoms with Gasteiger partial charge in [-0.2, -0.15) is 8.42 Å². The molecule has 1 aliphatic rings. The molecule has 0 aromatic rings. The monoisotopic (exact) mass is 855 g/mol. The average Bonchev–Trinajstić information content (AvgIpc) is 3.20. The van der Waals surface area contributed by atoms with E-state index in [1.54, 1.807) is 6.08 Å². The van der Waals surface area contributed by atoms with Crippen molar-refractivity contribution in [2.45, 2.75) is 185 Å². The van der Waals surface area contributed by atoms with E-state index >= 15 is 0 Å². The van der Waals surface area contributed by atoms with Gasteiger partial charge in [-0.15, -0.1) is 0 Å². The summed E-state index contributed by atoms with van der Waals surface area (Å²) in [5, 5.41) is 30.6. The van der Waals surface area contributed by atoms with Crippen molar-refractivity contribution in [2.24, 2.45) is 0 Å². The predicted octanol–water partition coefficient (Wildman–Crippen LogP) is 9.13. The Balaban J connectivity index is 2.51. The number of carbonyl (C=O) groups is 1. The summed E-state index contributed by atoms with van der Waals surface area (Å²) in [5.41, 5.74) is 0. The lowest BCUT2D eigenvalue weighted by molar-refractivity contribution is -0.301. The maximum absolute atomic E-state index is 12.8. The van der Waals surface area contributed by atoms with Crippen LogP contribution in [0.5, 0.6) is 0 Å². The number of esters is 1. The van der Waals surface area contributed by atoms with Crippen molar-refractivity contribution >= 4 is 16.4 Å². The molecular weight excluding hydrogens is 777 g/mol. The fraction of sp³-hybridized carbons (Fsp3) is 0.717. The molecule has 13 heteroatoms. The third kappa shape index (κ3) is 31.1. The molecule has 0 radical (unpaired) electrons. The zero-order valence-corrected chi connectivity index (χ0v) is 36.8. The summed E-state index contributed by atoms with van der Waals surface area (Å²) < 4.78 is 58.9. The van der Waals surface area contributed by atoms with Gasteiger partial charge in [-0.05, 0) is 64.2 Å². The summed E-state index contributed by atoms with van der Waals surface area (Å²) >= 11 is 0. The highest BCUT2D eigenvalue weighted by molar-refractivity contribution is 7.80. The van der Waals surface area contributed by atoms with Crippen LogP contribution in [0, 0.1) is 0 Å². The molecule has 6 unspecified atom stereocenters. The van der Waals surface area contributed by atoms with Crippen molar-refractivity contribution in [3.63, 3.8) is 0 Å². The Morgan fingerprint density at radius 2 is 1.17 bits per heavy atom. The highest BCUT2D eigenvalue weighted by atomic mass is 32.3. The standard InChI is InChI=1S/C46H78O12S/c1-3-5-7-9-11-13-15-17-19-20-22-24-26-28-30-32-34-36-54-38-40(39-55-46-44(50)45(58-59(51,52)53)43(49)41(37-47)57-46)56-42(48)35-33-31-29-27-25-23-21-18-16-14-12-10-8-6-4-2/h6,8,12,14,18-21,25,27,31,33,40-41,43-47,49-50H,3-5,7,9-11,13,15-17,22-24,26,28-30,32,34-39H2,1-2H3,(H,51,52,53)/b8-6-,14-12-,20-19-,21-18-,27-25-,33-31-. The van der Waals surface area contributed by atoms with Crippen molar-refractivity contribution in [1.82, 2.24) is 0 Å². The Hall–Kier alpha value is -2.46. The summed E-state index contributed by atoms with van der Waals surface area (Å²) in [7, 11) is -5.08. The lowest BCUT2D eigenvalue weighted by Crippen LogP contribution is -2.60. The third-order valence-corrected chi connectivity index (χ3v) is 10.1. The highest BCUT2D eigenvalue weighted by Crippen LogP contribution is 2.26. The number of unbranched alkanes of at least 4 members (excludes halogenated alkanes) is 13. The molecule has 0 bridgehead atoms. The molecule has 1 heterocycles. The van der Waals surface area contributed by atoms with Gasteiger partial charge in [0.1, 0.15) is 30.5 Å². The van der Waals surface area contributed by atoms with E-state index in [-0.39, 0.29) is 19.6 Å². The number of carbonyl (C=O) groups excluding carboxylic acids is 1. The fourth-order valence-corrected chi connectivity index (χ4v) is 6.78. The Morgan fingerprint density at radius 3 is 1.69 bits per heavy atom. The second kappa shape index (κ2) is 37.3. The molecule has 1 aliphatic heterocycles. The van der Waals surface area contributed by atoms with Crippen LogP contribution in [0.1, 0.15) is 149 Å².